The summed E-state index contributed by atoms with van der Waals surface area (Å²) in [6.07, 6.45) is 8.07. The van der Waals surface area contributed by atoms with Crippen molar-refractivity contribution >= 4 is 23.7 Å². The third kappa shape index (κ3) is 11.1. The minimum absolute atomic E-state index is 0.00945. The van der Waals surface area contributed by atoms with Crippen LogP contribution in [0.15, 0.2) is 72.8 Å². The van der Waals surface area contributed by atoms with Crippen LogP contribution in [-0.4, -0.2) is 98.6 Å². The van der Waals surface area contributed by atoms with Crippen LogP contribution in [0.4, 0.5) is 0 Å². The SMILES string of the molecule is COc1ccc(CC2NC(=O)C(C)C(OC)C(C)C(OC)C=CC=CCCOC(=O)C3CCCN(N3)C(=O)C(Cc3cccc(O)c3)NC2=O)cc1. The number of phenolic OH excluding ortho intramolecular Hbond substituents is 1. The molecule has 0 spiro atoms. The number of phenols is 1. The Kier molecular flexibility index (Phi) is 15.2. The first-order chi connectivity index (χ1) is 25.0. The second-order valence-electron chi connectivity index (χ2n) is 13.2. The molecular weight excluding hydrogens is 668 g/mol. The summed E-state index contributed by atoms with van der Waals surface area (Å²) in [5.74, 6) is -2.27. The lowest BCUT2D eigenvalue weighted by Gasteiger charge is -2.35. The maximum Gasteiger partial charge on any atom is 0.324 e. The summed E-state index contributed by atoms with van der Waals surface area (Å²) in [6, 6.07) is 10.6. The van der Waals surface area contributed by atoms with E-state index in [4.69, 9.17) is 18.9 Å². The van der Waals surface area contributed by atoms with Crippen LogP contribution in [0.1, 0.15) is 44.2 Å². The van der Waals surface area contributed by atoms with Gasteiger partial charge in [-0.3, -0.25) is 24.2 Å². The third-order valence-electron chi connectivity index (χ3n) is 9.50. The van der Waals surface area contributed by atoms with E-state index < -0.39 is 59.9 Å². The molecule has 1 saturated heterocycles. The quantitative estimate of drug-likeness (QED) is 0.313. The Morgan fingerprint density at radius 2 is 1.62 bits per heavy atom. The first-order valence-corrected chi connectivity index (χ1v) is 17.7. The lowest BCUT2D eigenvalue weighted by Crippen LogP contribution is -2.62. The topological polar surface area (TPSA) is 165 Å². The predicted molar refractivity (Wildman–Crippen MR) is 194 cm³/mol. The molecule has 13 nitrogen and oxygen atoms in total. The van der Waals surface area contributed by atoms with Crippen LogP contribution in [0.2, 0.25) is 0 Å². The first kappa shape index (κ1) is 40.1. The predicted octanol–water partition coefficient (Wildman–Crippen LogP) is 3.01. The van der Waals surface area contributed by atoms with Crippen LogP contribution in [0.5, 0.6) is 11.5 Å². The molecule has 1 fully saturated rings. The van der Waals surface area contributed by atoms with E-state index in [9.17, 15) is 24.3 Å². The number of methoxy groups -OCH3 is 3. The number of nitrogens with zero attached hydrogens (tertiary/aromatic N) is 1. The molecule has 0 radical (unpaired) electrons. The normalized spacial score (nSPS) is 27.1. The van der Waals surface area contributed by atoms with Gasteiger partial charge < -0.3 is 34.7 Å². The number of carbonyl (C=O) groups excluding carboxylic acids is 4. The summed E-state index contributed by atoms with van der Waals surface area (Å²) < 4.78 is 22.4. The number of ether oxygens (including phenoxy) is 4. The minimum atomic E-state index is -1.12. The van der Waals surface area contributed by atoms with Crippen molar-refractivity contribution in [1.29, 1.82) is 0 Å². The van der Waals surface area contributed by atoms with Gasteiger partial charge in [0.15, 0.2) is 0 Å². The molecule has 7 atom stereocenters. The van der Waals surface area contributed by atoms with Gasteiger partial charge in [0.2, 0.25) is 11.8 Å². The number of hydrazine groups is 1. The maximum absolute atomic E-state index is 14.3. The Hall–Kier alpha value is -4.72. The molecule has 282 valence electrons. The van der Waals surface area contributed by atoms with Gasteiger partial charge in [-0.05, 0) is 54.7 Å². The van der Waals surface area contributed by atoms with Crippen molar-refractivity contribution in [2.75, 3.05) is 34.5 Å². The van der Waals surface area contributed by atoms with Crippen molar-refractivity contribution in [3.05, 3.63) is 84.0 Å². The fraction of sp³-hybridized carbons (Fsp3) is 0.487. The number of hydrogen-bond donors (Lipinski definition) is 4. The van der Waals surface area contributed by atoms with Crippen molar-refractivity contribution in [1.82, 2.24) is 21.1 Å². The molecule has 2 aliphatic rings. The molecule has 0 aliphatic carbocycles. The molecular formula is C39H52N4O9. The van der Waals surface area contributed by atoms with Gasteiger partial charge in [0.1, 0.15) is 29.6 Å². The molecule has 4 rings (SSSR count). The third-order valence-corrected chi connectivity index (χ3v) is 9.50. The average molecular weight is 721 g/mol. The number of carbonyl (C=O) groups is 4. The Bertz CT molecular complexity index is 1560. The summed E-state index contributed by atoms with van der Waals surface area (Å²) >= 11 is 0. The van der Waals surface area contributed by atoms with Crippen LogP contribution < -0.4 is 20.8 Å². The average Bonchev–Trinajstić information content (AvgIpc) is 3.15. The molecule has 2 aromatic carbocycles. The largest absolute Gasteiger partial charge is 0.508 e. The van der Waals surface area contributed by atoms with Crippen molar-refractivity contribution in [2.45, 2.75) is 76.3 Å². The Morgan fingerprint density at radius 1 is 0.885 bits per heavy atom. The molecule has 0 saturated carbocycles. The van der Waals surface area contributed by atoms with Crippen molar-refractivity contribution in [2.24, 2.45) is 11.8 Å². The molecule has 2 bridgehead atoms. The number of fused-ring (bicyclic) bond motifs is 2. The van der Waals surface area contributed by atoms with Gasteiger partial charge in [0.05, 0.1) is 31.8 Å². The number of aromatic hydroxyl groups is 1. The van der Waals surface area contributed by atoms with E-state index in [2.05, 4.69) is 16.1 Å². The number of rotatable bonds is 7. The lowest BCUT2D eigenvalue weighted by atomic mass is 9.87. The molecule has 13 heteroatoms. The van der Waals surface area contributed by atoms with Gasteiger partial charge in [-0.15, -0.1) is 0 Å². The Morgan fingerprint density at radius 3 is 2.31 bits per heavy atom. The van der Waals surface area contributed by atoms with Gasteiger partial charge in [-0.25, -0.2) is 5.43 Å². The van der Waals surface area contributed by atoms with E-state index >= 15 is 0 Å². The molecule has 7 unspecified atom stereocenters. The number of amides is 3. The highest BCUT2D eigenvalue weighted by atomic mass is 16.5. The number of benzene rings is 2. The number of nitrogens with one attached hydrogen (secondary N) is 3. The highest BCUT2D eigenvalue weighted by Crippen LogP contribution is 2.24. The van der Waals surface area contributed by atoms with Crippen molar-refractivity contribution < 1.29 is 43.2 Å². The smallest absolute Gasteiger partial charge is 0.324 e. The molecule has 52 heavy (non-hydrogen) atoms. The minimum Gasteiger partial charge on any atom is -0.508 e. The van der Waals surface area contributed by atoms with E-state index in [1.807, 2.05) is 31.2 Å². The summed E-state index contributed by atoms with van der Waals surface area (Å²) in [7, 11) is 4.67. The molecule has 2 aromatic rings. The van der Waals surface area contributed by atoms with Crippen LogP contribution in [0.25, 0.3) is 0 Å². The standard InChI is InChI=1S/C39H52N4O9/c1-25-34(50-4)15-8-6-7-9-21-52-39(48)31-14-11-20-43(42-31)38(47)33(24-28-12-10-13-29(44)22-28)41-37(46)32(40-36(45)26(2)35(25)51-5)23-27-16-18-30(49-3)19-17-27/h6-8,10,12-13,15-19,22,25-26,31-35,42,44H,9,11,14,20-21,23-24H2,1-5H3,(H,40,45)(H,41,46). The fourth-order valence-corrected chi connectivity index (χ4v) is 6.56. The maximum atomic E-state index is 14.3. The first-order valence-electron chi connectivity index (χ1n) is 17.7. The van der Waals surface area contributed by atoms with Crippen LogP contribution in [0, 0.1) is 11.8 Å². The lowest BCUT2D eigenvalue weighted by molar-refractivity contribution is -0.153. The Labute approximate surface area is 305 Å². The molecule has 2 heterocycles. The summed E-state index contributed by atoms with van der Waals surface area (Å²) in [5.41, 5.74) is 4.35. The zero-order valence-electron chi connectivity index (χ0n) is 30.6. The number of hydrogen-bond acceptors (Lipinski definition) is 10. The van der Waals surface area contributed by atoms with E-state index in [1.54, 1.807) is 57.5 Å². The highest BCUT2D eigenvalue weighted by Gasteiger charge is 2.37. The molecule has 4 N–H and O–H groups in total. The van der Waals surface area contributed by atoms with E-state index in [-0.39, 0.29) is 31.1 Å². The fourth-order valence-electron chi connectivity index (χ4n) is 6.56. The van der Waals surface area contributed by atoms with Crippen LogP contribution >= 0.6 is 0 Å². The van der Waals surface area contributed by atoms with Crippen LogP contribution in [0.3, 0.4) is 0 Å². The summed E-state index contributed by atoms with van der Waals surface area (Å²) in [5, 5.41) is 17.3. The van der Waals surface area contributed by atoms with Gasteiger partial charge >= 0.3 is 5.97 Å². The second-order valence-corrected chi connectivity index (χ2v) is 13.2. The van der Waals surface area contributed by atoms with E-state index in [0.29, 0.717) is 37.1 Å². The van der Waals surface area contributed by atoms with Gasteiger partial charge in [-0.1, -0.05) is 62.4 Å². The zero-order valence-corrected chi connectivity index (χ0v) is 30.6. The van der Waals surface area contributed by atoms with E-state index in [0.717, 1.165) is 5.56 Å². The summed E-state index contributed by atoms with van der Waals surface area (Å²) in [6.45, 7) is 4.12. The number of cyclic esters (lactones) is 1. The number of allylic oxidation sites excluding steroid dienone is 2. The van der Waals surface area contributed by atoms with Gasteiger partial charge in [0.25, 0.3) is 5.91 Å². The molecule has 0 aromatic heterocycles. The van der Waals surface area contributed by atoms with Crippen molar-refractivity contribution in [3.8, 4) is 11.5 Å². The second kappa shape index (κ2) is 19.8. The zero-order chi connectivity index (χ0) is 37.6. The molecule has 3 amide bonds. The van der Waals surface area contributed by atoms with Crippen LogP contribution in [-0.2, 0) is 46.2 Å². The molecule has 2 aliphatic heterocycles. The summed E-state index contributed by atoms with van der Waals surface area (Å²) in [4.78, 5) is 55.4. The highest BCUT2D eigenvalue weighted by molar-refractivity contribution is 5.93. The Balaban J connectivity index is 1.71. The monoisotopic (exact) mass is 720 g/mol. The van der Waals surface area contributed by atoms with Gasteiger partial charge in [0, 0.05) is 39.5 Å². The van der Waals surface area contributed by atoms with Gasteiger partial charge in [-0.2, -0.15) is 0 Å². The number of esters is 1. The van der Waals surface area contributed by atoms with E-state index in [1.165, 1.54) is 24.3 Å². The van der Waals surface area contributed by atoms with Crippen molar-refractivity contribution in [3.63, 3.8) is 0 Å².